The molecule has 1 amide bonds. The Balaban J connectivity index is 2.23. The van der Waals surface area contributed by atoms with Crippen molar-refractivity contribution in [2.24, 2.45) is 5.92 Å². The van der Waals surface area contributed by atoms with E-state index in [1.54, 1.807) is 12.1 Å². The van der Waals surface area contributed by atoms with E-state index in [2.05, 4.69) is 5.32 Å². The standard InChI is InChI=1S/C17H18N2O3/c1-12(2)9-17(20)18-15-7-3-5-13(10-15)14-6-4-8-16(11-14)19(21)22/h3-8,10-12H,9H2,1-2H3,(H,18,20). The predicted octanol–water partition coefficient (Wildman–Crippen LogP) is 4.25. The molecule has 22 heavy (non-hydrogen) atoms. The van der Waals surface area contributed by atoms with Gasteiger partial charge < -0.3 is 5.32 Å². The number of carbonyl (C=O) groups excluding carboxylic acids is 1. The van der Waals surface area contributed by atoms with Gasteiger partial charge in [-0.05, 0) is 29.2 Å². The quantitative estimate of drug-likeness (QED) is 0.662. The zero-order valence-electron chi connectivity index (χ0n) is 12.6. The van der Waals surface area contributed by atoms with Gasteiger partial charge >= 0.3 is 0 Å². The monoisotopic (exact) mass is 298 g/mol. The van der Waals surface area contributed by atoms with E-state index >= 15 is 0 Å². The molecule has 0 aliphatic rings. The molecule has 0 atom stereocenters. The van der Waals surface area contributed by atoms with Gasteiger partial charge in [0.25, 0.3) is 5.69 Å². The Labute approximate surface area is 129 Å². The Morgan fingerprint density at radius 3 is 2.41 bits per heavy atom. The number of nitro benzene ring substituents is 1. The molecule has 0 aromatic heterocycles. The van der Waals surface area contributed by atoms with Crippen LogP contribution < -0.4 is 5.32 Å². The van der Waals surface area contributed by atoms with Gasteiger partial charge in [0, 0.05) is 24.2 Å². The van der Waals surface area contributed by atoms with Gasteiger partial charge in [-0.15, -0.1) is 0 Å². The maximum atomic E-state index is 11.8. The number of amides is 1. The number of non-ortho nitro benzene ring substituents is 1. The molecular weight excluding hydrogens is 280 g/mol. The van der Waals surface area contributed by atoms with Crippen molar-refractivity contribution in [2.75, 3.05) is 5.32 Å². The molecule has 0 heterocycles. The molecule has 0 fully saturated rings. The van der Waals surface area contributed by atoms with Gasteiger partial charge in [-0.1, -0.05) is 38.1 Å². The normalized spacial score (nSPS) is 10.5. The molecule has 5 nitrogen and oxygen atoms in total. The average Bonchev–Trinajstić information content (AvgIpc) is 2.46. The smallest absolute Gasteiger partial charge is 0.270 e. The van der Waals surface area contributed by atoms with Crippen molar-refractivity contribution in [3.05, 3.63) is 58.6 Å². The van der Waals surface area contributed by atoms with Crippen LogP contribution in [0.2, 0.25) is 0 Å². The number of rotatable bonds is 5. The van der Waals surface area contributed by atoms with Gasteiger partial charge in [0.2, 0.25) is 5.91 Å². The molecule has 1 N–H and O–H groups in total. The van der Waals surface area contributed by atoms with Gasteiger partial charge in [-0.25, -0.2) is 0 Å². The second-order valence-corrected chi connectivity index (χ2v) is 5.53. The Morgan fingerprint density at radius 1 is 1.14 bits per heavy atom. The van der Waals surface area contributed by atoms with Crippen molar-refractivity contribution < 1.29 is 9.72 Å². The number of nitrogens with zero attached hydrogens (tertiary/aromatic N) is 1. The Morgan fingerprint density at radius 2 is 1.77 bits per heavy atom. The lowest BCUT2D eigenvalue weighted by molar-refractivity contribution is -0.384. The van der Waals surface area contributed by atoms with E-state index in [0.717, 1.165) is 11.1 Å². The molecule has 0 aliphatic heterocycles. The third-order valence-electron chi connectivity index (χ3n) is 3.13. The molecule has 0 bridgehead atoms. The predicted molar refractivity (Wildman–Crippen MR) is 86.6 cm³/mol. The first kappa shape index (κ1) is 15.7. The van der Waals surface area contributed by atoms with Crippen LogP contribution in [0.5, 0.6) is 0 Å². The van der Waals surface area contributed by atoms with Crippen LogP contribution in [0.4, 0.5) is 11.4 Å². The Kier molecular flexibility index (Phi) is 4.88. The largest absolute Gasteiger partial charge is 0.326 e. The molecule has 0 saturated carbocycles. The lowest BCUT2D eigenvalue weighted by atomic mass is 10.0. The fraction of sp³-hybridized carbons (Fsp3) is 0.235. The highest BCUT2D eigenvalue weighted by Gasteiger charge is 2.09. The third kappa shape index (κ3) is 4.15. The average molecular weight is 298 g/mol. The molecule has 2 rings (SSSR count). The van der Waals surface area contributed by atoms with Gasteiger partial charge in [-0.3, -0.25) is 14.9 Å². The molecule has 114 valence electrons. The number of hydrogen-bond donors (Lipinski definition) is 1. The maximum Gasteiger partial charge on any atom is 0.270 e. The number of nitrogens with one attached hydrogen (secondary N) is 1. The minimum atomic E-state index is -0.419. The van der Waals surface area contributed by atoms with E-state index in [1.165, 1.54) is 12.1 Å². The summed E-state index contributed by atoms with van der Waals surface area (Å²) in [6.45, 7) is 3.97. The van der Waals surface area contributed by atoms with Crippen LogP contribution in [-0.2, 0) is 4.79 Å². The Bertz CT molecular complexity index is 696. The van der Waals surface area contributed by atoms with Gasteiger partial charge in [0.15, 0.2) is 0 Å². The van der Waals surface area contributed by atoms with Crippen molar-refractivity contribution in [1.29, 1.82) is 0 Å². The van der Waals surface area contributed by atoms with E-state index in [1.807, 2.05) is 38.1 Å². The maximum absolute atomic E-state index is 11.8. The molecule has 0 radical (unpaired) electrons. The van der Waals surface area contributed by atoms with Crippen molar-refractivity contribution in [1.82, 2.24) is 0 Å². The summed E-state index contributed by atoms with van der Waals surface area (Å²) in [6, 6.07) is 13.7. The van der Waals surface area contributed by atoms with Crippen LogP contribution in [0.3, 0.4) is 0 Å². The summed E-state index contributed by atoms with van der Waals surface area (Å²) in [5, 5.41) is 13.7. The summed E-state index contributed by atoms with van der Waals surface area (Å²) >= 11 is 0. The van der Waals surface area contributed by atoms with Gasteiger partial charge in [-0.2, -0.15) is 0 Å². The third-order valence-corrected chi connectivity index (χ3v) is 3.13. The first-order valence-electron chi connectivity index (χ1n) is 7.10. The van der Waals surface area contributed by atoms with E-state index < -0.39 is 4.92 Å². The van der Waals surface area contributed by atoms with Crippen LogP contribution in [0.15, 0.2) is 48.5 Å². The molecule has 0 spiro atoms. The fourth-order valence-electron chi connectivity index (χ4n) is 2.16. The molecular formula is C17H18N2O3. The topological polar surface area (TPSA) is 72.2 Å². The highest BCUT2D eigenvalue weighted by atomic mass is 16.6. The van der Waals surface area contributed by atoms with E-state index in [9.17, 15) is 14.9 Å². The van der Waals surface area contributed by atoms with Crippen LogP contribution in [0, 0.1) is 16.0 Å². The molecule has 2 aromatic rings. The first-order valence-corrected chi connectivity index (χ1v) is 7.10. The number of nitro groups is 1. The zero-order valence-corrected chi connectivity index (χ0v) is 12.6. The SMILES string of the molecule is CC(C)CC(=O)Nc1cccc(-c2cccc([N+](=O)[O-])c2)c1. The minimum Gasteiger partial charge on any atom is -0.326 e. The van der Waals surface area contributed by atoms with Crippen LogP contribution in [0.1, 0.15) is 20.3 Å². The summed E-state index contributed by atoms with van der Waals surface area (Å²) in [5.74, 6) is 0.256. The zero-order chi connectivity index (χ0) is 16.1. The fourth-order valence-corrected chi connectivity index (χ4v) is 2.16. The summed E-state index contributed by atoms with van der Waals surface area (Å²) in [7, 11) is 0. The Hall–Kier alpha value is -2.69. The first-order chi connectivity index (χ1) is 10.5. The van der Waals surface area contributed by atoms with Crippen molar-refractivity contribution in [3.8, 4) is 11.1 Å². The summed E-state index contributed by atoms with van der Waals surface area (Å²) in [5.41, 5.74) is 2.31. The summed E-state index contributed by atoms with van der Waals surface area (Å²) in [6.07, 6.45) is 0.459. The van der Waals surface area contributed by atoms with Gasteiger partial charge in [0.05, 0.1) is 4.92 Å². The number of anilines is 1. The highest BCUT2D eigenvalue weighted by molar-refractivity contribution is 5.91. The summed E-state index contributed by atoms with van der Waals surface area (Å²) < 4.78 is 0. The second-order valence-electron chi connectivity index (χ2n) is 5.53. The van der Waals surface area contributed by atoms with Crippen molar-refractivity contribution in [2.45, 2.75) is 20.3 Å². The lowest BCUT2D eigenvalue weighted by Gasteiger charge is -2.09. The minimum absolute atomic E-state index is 0.0359. The van der Waals surface area contributed by atoms with Gasteiger partial charge in [0.1, 0.15) is 0 Å². The van der Waals surface area contributed by atoms with Crippen LogP contribution in [0.25, 0.3) is 11.1 Å². The van der Waals surface area contributed by atoms with Crippen LogP contribution in [-0.4, -0.2) is 10.8 Å². The lowest BCUT2D eigenvalue weighted by Crippen LogP contribution is -2.13. The molecule has 5 heteroatoms. The molecule has 0 unspecified atom stereocenters. The number of benzene rings is 2. The van der Waals surface area contributed by atoms with Crippen LogP contribution >= 0.6 is 0 Å². The molecule has 0 saturated heterocycles. The number of hydrogen-bond acceptors (Lipinski definition) is 3. The molecule has 2 aromatic carbocycles. The molecule has 0 aliphatic carbocycles. The van der Waals surface area contributed by atoms with Crippen molar-refractivity contribution >= 4 is 17.3 Å². The second kappa shape index (κ2) is 6.85. The van der Waals surface area contributed by atoms with E-state index in [0.29, 0.717) is 18.0 Å². The van der Waals surface area contributed by atoms with E-state index in [-0.39, 0.29) is 11.6 Å². The summed E-state index contributed by atoms with van der Waals surface area (Å²) in [4.78, 5) is 22.2. The van der Waals surface area contributed by atoms with Crippen molar-refractivity contribution in [3.63, 3.8) is 0 Å². The highest BCUT2D eigenvalue weighted by Crippen LogP contribution is 2.26. The number of carbonyl (C=O) groups is 1. The van der Waals surface area contributed by atoms with E-state index in [4.69, 9.17) is 0 Å².